The summed E-state index contributed by atoms with van der Waals surface area (Å²) in [5.41, 5.74) is 4.65. The van der Waals surface area contributed by atoms with Crippen LogP contribution < -0.4 is 0 Å². The fraction of sp³-hybridized carbons (Fsp3) is 0.429. The fourth-order valence-electron chi connectivity index (χ4n) is 4.77. The van der Waals surface area contributed by atoms with Gasteiger partial charge < -0.3 is 0 Å². The quantitative estimate of drug-likeness (QED) is 0.763. The first kappa shape index (κ1) is 14.0. The van der Waals surface area contributed by atoms with Gasteiger partial charge in [-0.05, 0) is 56.7 Å². The molecule has 1 unspecified atom stereocenters. The molecule has 0 aliphatic carbocycles. The number of hydrogen-bond donors (Lipinski definition) is 0. The van der Waals surface area contributed by atoms with Gasteiger partial charge in [0, 0.05) is 11.6 Å². The SMILES string of the molecule is Cc1ccc(C2C[C@@H]3CC[C@](c4ccccc4)(C2)N3C)cc1. The van der Waals surface area contributed by atoms with Crippen molar-refractivity contribution in [3.8, 4) is 0 Å². The number of fused-ring (bicyclic) bond motifs is 2. The molecule has 0 spiro atoms. The summed E-state index contributed by atoms with van der Waals surface area (Å²) >= 11 is 0. The van der Waals surface area contributed by atoms with Gasteiger partial charge in [0.05, 0.1) is 0 Å². The van der Waals surface area contributed by atoms with Gasteiger partial charge in [-0.25, -0.2) is 0 Å². The van der Waals surface area contributed by atoms with Crippen LogP contribution in [0.5, 0.6) is 0 Å². The van der Waals surface area contributed by atoms with Gasteiger partial charge in [0.25, 0.3) is 0 Å². The minimum absolute atomic E-state index is 0.250. The molecule has 0 radical (unpaired) electrons. The Morgan fingerprint density at radius 2 is 1.73 bits per heavy atom. The molecular weight excluding hydrogens is 266 g/mol. The standard InChI is InChI=1S/C21H25N/c1-16-8-10-17(11-9-16)18-14-20-12-13-21(15-18,22(20)2)19-6-4-3-5-7-19/h3-11,18,20H,12-15H2,1-2H3/t18?,20-,21+/m0/s1. The molecule has 2 heterocycles. The van der Waals surface area contributed by atoms with E-state index in [1.54, 1.807) is 0 Å². The molecular formula is C21H25N. The number of piperidine rings is 1. The molecule has 2 bridgehead atoms. The molecule has 1 nitrogen and oxygen atoms in total. The van der Waals surface area contributed by atoms with Gasteiger partial charge in [-0.3, -0.25) is 4.90 Å². The zero-order valence-electron chi connectivity index (χ0n) is 13.6. The third-order valence-electron chi connectivity index (χ3n) is 6.11. The van der Waals surface area contributed by atoms with Crippen LogP contribution >= 0.6 is 0 Å². The number of rotatable bonds is 2. The van der Waals surface area contributed by atoms with Crippen LogP contribution in [0.1, 0.15) is 48.3 Å². The van der Waals surface area contributed by atoms with Gasteiger partial charge in [0.15, 0.2) is 0 Å². The van der Waals surface area contributed by atoms with E-state index in [0.29, 0.717) is 5.92 Å². The fourth-order valence-corrected chi connectivity index (χ4v) is 4.77. The lowest BCUT2D eigenvalue weighted by molar-refractivity contribution is 0.0673. The molecule has 114 valence electrons. The van der Waals surface area contributed by atoms with Crippen LogP contribution in [0.4, 0.5) is 0 Å². The van der Waals surface area contributed by atoms with Gasteiger partial charge in [-0.1, -0.05) is 60.2 Å². The lowest BCUT2D eigenvalue weighted by atomic mass is 9.75. The van der Waals surface area contributed by atoms with Crippen LogP contribution in [0.2, 0.25) is 0 Å². The number of hydrogen-bond acceptors (Lipinski definition) is 1. The van der Waals surface area contributed by atoms with E-state index in [1.165, 1.54) is 42.4 Å². The lowest BCUT2D eigenvalue weighted by Gasteiger charge is -2.46. The molecule has 22 heavy (non-hydrogen) atoms. The summed E-state index contributed by atoms with van der Waals surface area (Å²) in [7, 11) is 2.34. The third kappa shape index (κ3) is 2.11. The summed E-state index contributed by atoms with van der Waals surface area (Å²) < 4.78 is 0. The van der Waals surface area contributed by atoms with Gasteiger partial charge >= 0.3 is 0 Å². The van der Waals surface area contributed by atoms with Crippen LogP contribution in [0.3, 0.4) is 0 Å². The molecule has 0 amide bonds. The molecule has 2 fully saturated rings. The molecule has 2 aromatic carbocycles. The Labute approximate surface area is 134 Å². The summed E-state index contributed by atoms with van der Waals surface area (Å²) in [4.78, 5) is 2.67. The molecule has 0 aromatic heterocycles. The van der Waals surface area contributed by atoms with Crippen molar-refractivity contribution >= 4 is 0 Å². The monoisotopic (exact) mass is 291 g/mol. The highest BCUT2D eigenvalue weighted by molar-refractivity contribution is 5.32. The van der Waals surface area contributed by atoms with E-state index < -0.39 is 0 Å². The number of benzene rings is 2. The first-order valence-electron chi connectivity index (χ1n) is 8.54. The average Bonchev–Trinajstić information content (AvgIpc) is 2.75. The lowest BCUT2D eigenvalue weighted by Crippen LogP contribution is -2.47. The van der Waals surface area contributed by atoms with Crippen LogP contribution in [-0.2, 0) is 5.54 Å². The van der Waals surface area contributed by atoms with Crippen molar-refractivity contribution in [2.75, 3.05) is 7.05 Å². The van der Waals surface area contributed by atoms with Crippen LogP contribution in [0.25, 0.3) is 0 Å². The molecule has 1 heteroatoms. The van der Waals surface area contributed by atoms with Crippen LogP contribution in [-0.4, -0.2) is 18.0 Å². The molecule has 3 atom stereocenters. The molecule has 2 aliphatic rings. The predicted octanol–water partition coefficient (Wildman–Crippen LogP) is 4.86. The summed E-state index contributed by atoms with van der Waals surface area (Å²) in [6, 6.07) is 21.2. The molecule has 0 N–H and O–H groups in total. The molecule has 4 rings (SSSR count). The van der Waals surface area contributed by atoms with Crippen molar-refractivity contribution in [3.05, 3.63) is 71.3 Å². The maximum absolute atomic E-state index is 2.67. The summed E-state index contributed by atoms with van der Waals surface area (Å²) in [6.45, 7) is 2.17. The van der Waals surface area contributed by atoms with E-state index in [-0.39, 0.29) is 5.54 Å². The largest absolute Gasteiger partial charge is 0.294 e. The Kier molecular flexibility index (Phi) is 3.34. The summed E-state index contributed by atoms with van der Waals surface area (Å²) in [5.74, 6) is 0.699. The molecule has 0 saturated carbocycles. The Hall–Kier alpha value is -1.60. The van der Waals surface area contributed by atoms with Crippen molar-refractivity contribution in [1.82, 2.24) is 4.90 Å². The van der Waals surface area contributed by atoms with E-state index >= 15 is 0 Å². The third-order valence-corrected chi connectivity index (χ3v) is 6.11. The van der Waals surface area contributed by atoms with Crippen LogP contribution in [0, 0.1) is 6.92 Å². The van der Waals surface area contributed by atoms with Crippen molar-refractivity contribution in [1.29, 1.82) is 0 Å². The zero-order chi connectivity index (χ0) is 15.2. The second-order valence-corrected chi connectivity index (χ2v) is 7.25. The van der Waals surface area contributed by atoms with Gasteiger partial charge in [-0.2, -0.15) is 0 Å². The first-order chi connectivity index (χ1) is 10.7. The minimum Gasteiger partial charge on any atom is -0.294 e. The van der Waals surface area contributed by atoms with E-state index in [2.05, 4.69) is 73.5 Å². The van der Waals surface area contributed by atoms with Gasteiger partial charge in [-0.15, -0.1) is 0 Å². The maximum Gasteiger partial charge on any atom is 0.0466 e. The highest BCUT2D eigenvalue weighted by Crippen LogP contribution is 2.53. The Morgan fingerprint density at radius 1 is 1.00 bits per heavy atom. The maximum atomic E-state index is 2.67. The Bertz CT molecular complexity index is 645. The predicted molar refractivity (Wildman–Crippen MR) is 92.1 cm³/mol. The van der Waals surface area contributed by atoms with Crippen molar-refractivity contribution in [3.63, 3.8) is 0 Å². The van der Waals surface area contributed by atoms with Gasteiger partial charge in [0.2, 0.25) is 0 Å². The molecule has 2 aliphatic heterocycles. The van der Waals surface area contributed by atoms with Crippen molar-refractivity contribution in [2.45, 2.75) is 50.1 Å². The second-order valence-electron chi connectivity index (χ2n) is 7.25. The molecule has 2 saturated heterocycles. The second kappa shape index (κ2) is 5.24. The zero-order valence-corrected chi connectivity index (χ0v) is 13.6. The van der Waals surface area contributed by atoms with Crippen LogP contribution in [0.15, 0.2) is 54.6 Å². The van der Waals surface area contributed by atoms with E-state index in [1.807, 2.05) is 0 Å². The smallest absolute Gasteiger partial charge is 0.0466 e. The van der Waals surface area contributed by atoms with E-state index in [9.17, 15) is 0 Å². The summed E-state index contributed by atoms with van der Waals surface area (Å²) in [5, 5.41) is 0. The van der Waals surface area contributed by atoms with Gasteiger partial charge in [0.1, 0.15) is 0 Å². The highest BCUT2D eigenvalue weighted by atomic mass is 15.2. The number of nitrogens with zero attached hydrogens (tertiary/aromatic N) is 1. The first-order valence-corrected chi connectivity index (χ1v) is 8.54. The highest BCUT2D eigenvalue weighted by Gasteiger charge is 2.50. The Morgan fingerprint density at radius 3 is 2.45 bits per heavy atom. The average molecular weight is 291 g/mol. The molecule has 2 aromatic rings. The van der Waals surface area contributed by atoms with E-state index in [0.717, 1.165) is 6.04 Å². The topological polar surface area (TPSA) is 3.24 Å². The normalized spacial score (nSPS) is 31.4. The summed E-state index contributed by atoms with van der Waals surface area (Å²) in [6.07, 6.45) is 5.22. The van der Waals surface area contributed by atoms with Crippen molar-refractivity contribution < 1.29 is 0 Å². The Balaban J connectivity index is 1.71. The minimum atomic E-state index is 0.250. The van der Waals surface area contributed by atoms with Crippen molar-refractivity contribution in [2.24, 2.45) is 0 Å². The van der Waals surface area contributed by atoms with E-state index in [4.69, 9.17) is 0 Å². The number of aryl methyl sites for hydroxylation is 1.